The van der Waals surface area contributed by atoms with Crippen LogP contribution in [0.1, 0.15) is 6.92 Å². The highest BCUT2D eigenvalue weighted by molar-refractivity contribution is 6.32. The summed E-state index contributed by atoms with van der Waals surface area (Å²) in [6.07, 6.45) is 0. The molecule has 6 heteroatoms. The molecule has 0 bridgehead atoms. The third-order valence-electron chi connectivity index (χ3n) is 1.08. The Hall–Kier alpha value is -1.36. The maximum atomic E-state index is 10.6. The summed E-state index contributed by atoms with van der Waals surface area (Å²) in [6.45, 7) is 1.37. The minimum Gasteiger partial charge on any atom is -0.382 e. The van der Waals surface area contributed by atoms with Crippen LogP contribution in [0.3, 0.4) is 0 Å². The number of rotatable bonds is 1. The van der Waals surface area contributed by atoms with Crippen LogP contribution in [-0.2, 0) is 4.79 Å². The molecule has 1 aromatic heterocycles. The summed E-state index contributed by atoms with van der Waals surface area (Å²) in [6, 6.07) is 1.44. The van der Waals surface area contributed by atoms with Crippen LogP contribution in [0.4, 0.5) is 11.5 Å². The van der Waals surface area contributed by atoms with E-state index in [1.54, 1.807) is 0 Å². The number of hydrogen-bond donors (Lipinski definition) is 2. The maximum absolute atomic E-state index is 10.6. The molecule has 1 rings (SSSR count). The van der Waals surface area contributed by atoms with Gasteiger partial charge in [-0.1, -0.05) is 11.6 Å². The minimum absolute atomic E-state index is 0.124. The predicted molar refractivity (Wildman–Crippen MR) is 45.8 cm³/mol. The van der Waals surface area contributed by atoms with Crippen molar-refractivity contribution in [1.82, 2.24) is 10.2 Å². The van der Waals surface area contributed by atoms with Crippen molar-refractivity contribution in [1.29, 1.82) is 0 Å². The number of nitrogens with two attached hydrogens (primary N) is 1. The van der Waals surface area contributed by atoms with Gasteiger partial charge in [0.25, 0.3) is 0 Å². The average Bonchev–Trinajstić information content (AvgIpc) is 1.96. The summed E-state index contributed by atoms with van der Waals surface area (Å²) in [5.74, 6) is -0.0209. The Bertz CT molecular complexity index is 314. The van der Waals surface area contributed by atoms with Gasteiger partial charge >= 0.3 is 0 Å². The van der Waals surface area contributed by atoms with Gasteiger partial charge in [-0.25, -0.2) is 0 Å². The zero-order chi connectivity index (χ0) is 9.14. The second-order valence-corrected chi connectivity index (χ2v) is 2.51. The first-order valence-corrected chi connectivity index (χ1v) is 3.53. The molecule has 0 saturated carbocycles. The number of carbonyl (C=O) groups excluding carboxylic acids is 1. The van der Waals surface area contributed by atoms with Gasteiger partial charge in [0, 0.05) is 13.0 Å². The van der Waals surface area contributed by atoms with E-state index < -0.39 is 0 Å². The smallest absolute Gasteiger partial charge is 0.221 e. The Morgan fingerprint density at radius 2 is 2.33 bits per heavy atom. The van der Waals surface area contributed by atoms with Crippen LogP contribution in [0.5, 0.6) is 0 Å². The summed E-state index contributed by atoms with van der Waals surface area (Å²) in [5, 5.41) is 9.58. The molecular formula is C6H7ClN4O. The topological polar surface area (TPSA) is 80.9 Å². The molecule has 1 heterocycles. The lowest BCUT2D eigenvalue weighted by molar-refractivity contribution is -0.114. The number of amides is 1. The lowest BCUT2D eigenvalue weighted by atomic mass is 10.4. The van der Waals surface area contributed by atoms with E-state index in [2.05, 4.69) is 15.5 Å². The van der Waals surface area contributed by atoms with E-state index in [9.17, 15) is 4.79 Å². The Kier molecular flexibility index (Phi) is 2.44. The number of halogens is 1. The van der Waals surface area contributed by atoms with E-state index in [4.69, 9.17) is 17.3 Å². The van der Waals surface area contributed by atoms with Crippen LogP contribution in [-0.4, -0.2) is 16.1 Å². The monoisotopic (exact) mass is 186 g/mol. The second kappa shape index (κ2) is 3.36. The second-order valence-electron chi connectivity index (χ2n) is 2.15. The number of hydrogen-bond acceptors (Lipinski definition) is 4. The highest BCUT2D eigenvalue weighted by Crippen LogP contribution is 2.18. The Morgan fingerprint density at radius 3 is 2.92 bits per heavy atom. The molecule has 0 aliphatic heterocycles. The van der Waals surface area contributed by atoms with Gasteiger partial charge in [-0.05, 0) is 0 Å². The van der Waals surface area contributed by atoms with Gasteiger partial charge < -0.3 is 11.1 Å². The van der Waals surface area contributed by atoms with Crippen molar-refractivity contribution in [2.24, 2.45) is 0 Å². The van der Waals surface area contributed by atoms with Crippen molar-refractivity contribution in [3.05, 3.63) is 11.2 Å². The molecule has 0 saturated heterocycles. The molecule has 0 unspecified atom stereocenters. The fourth-order valence-electron chi connectivity index (χ4n) is 0.669. The van der Waals surface area contributed by atoms with Crippen molar-refractivity contribution < 1.29 is 4.79 Å². The van der Waals surface area contributed by atoms with Crippen LogP contribution in [0.15, 0.2) is 6.07 Å². The summed E-state index contributed by atoms with van der Waals surface area (Å²) in [4.78, 5) is 10.6. The predicted octanol–water partition coefficient (Wildman–Crippen LogP) is 0.671. The Morgan fingerprint density at radius 1 is 1.67 bits per heavy atom. The zero-order valence-corrected chi connectivity index (χ0v) is 7.09. The molecule has 0 atom stereocenters. The number of anilines is 2. The first kappa shape index (κ1) is 8.73. The van der Waals surface area contributed by atoms with E-state index in [1.807, 2.05) is 0 Å². The van der Waals surface area contributed by atoms with Crippen molar-refractivity contribution in [2.45, 2.75) is 6.92 Å². The standard InChI is InChI=1S/C6H7ClN4O/c1-3(12)9-4-2-5(8)10-11-6(4)7/h2H,1H3,(H3,8,9,10,12). The molecule has 0 aliphatic rings. The molecule has 1 amide bonds. The summed E-state index contributed by atoms with van der Waals surface area (Å²) >= 11 is 5.60. The number of nitrogens with one attached hydrogen (secondary N) is 1. The third-order valence-corrected chi connectivity index (χ3v) is 1.36. The highest BCUT2D eigenvalue weighted by Gasteiger charge is 2.03. The fraction of sp³-hybridized carbons (Fsp3) is 0.167. The molecule has 3 N–H and O–H groups in total. The van der Waals surface area contributed by atoms with Crippen LogP contribution in [0.25, 0.3) is 0 Å². The lowest BCUT2D eigenvalue weighted by Crippen LogP contribution is -2.08. The lowest BCUT2D eigenvalue weighted by Gasteiger charge is -2.02. The summed E-state index contributed by atoms with van der Waals surface area (Å²) in [5.41, 5.74) is 5.69. The largest absolute Gasteiger partial charge is 0.382 e. The minimum atomic E-state index is -0.232. The third kappa shape index (κ3) is 2.06. The summed E-state index contributed by atoms with van der Waals surface area (Å²) < 4.78 is 0. The number of nitrogen functional groups attached to an aromatic ring is 1. The molecule has 0 aliphatic carbocycles. The first-order chi connectivity index (χ1) is 5.59. The van der Waals surface area contributed by atoms with Gasteiger partial charge in [-0.15, -0.1) is 10.2 Å². The summed E-state index contributed by atoms with van der Waals surface area (Å²) in [7, 11) is 0. The van der Waals surface area contributed by atoms with E-state index in [1.165, 1.54) is 13.0 Å². The Balaban J connectivity index is 2.97. The molecule has 64 valence electrons. The van der Waals surface area contributed by atoms with Gasteiger partial charge in [-0.3, -0.25) is 4.79 Å². The SMILES string of the molecule is CC(=O)Nc1cc(N)nnc1Cl. The van der Waals surface area contributed by atoms with Crippen LogP contribution < -0.4 is 11.1 Å². The van der Waals surface area contributed by atoms with Gasteiger partial charge in [0.1, 0.15) is 5.82 Å². The van der Waals surface area contributed by atoms with Crippen molar-refractivity contribution in [3.8, 4) is 0 Å². The van der Waals surface area contributed by atoms with Crippen molar-refractivity contribution in [2.75, 3.05) is 11.1 Å². The molecule has 12 heavy (non-hydrogen) atoms. The number of nitrogens with zero attached hydrogens (tertiary/aromatic N) is 2. The molecule has 0 aromatic carbocycles. The van der Waals surface area contributed by atoms with Crippen molar-refractivity contribution in [3.63, 3.8) is 0 Å². The quantitative estimate of drug-likeness (QED) is 0.676. The van der Waals surface area contributed by atoms with E-state index >= 15 is 0 Å². The molecule has 1 aromatic rings. The molecule has 5 nitrogen and oxygen atoms in total. The highest BCUT2D eigenvalue weighted by atomic mass is 35.5. The van der Waals surface area contributed by atoms with E-state index in [0.717, 1.165) is 0 Å². The van der Waals surface area contributed by atoms with Crippen LogP contribution in [0, 0.1) is 0 Å². The Labute approximate surface area is 73.9 Å². The van der Waals surface area contributed by atoms with Gasteiger partial charge in [0.2, 0.25) is 5.91 Å². The van der Waals surface area contributed by atoms with E-state index in [-0.39, 0.29) is 16.9 Å². The number of aromatic nitrogens is 2. The fourth-order valence-corrected chi connectivity index (χ4v) is 0.809. The first-order valence-electron chi connectivity index (χ1n) is 3.16. The zero-order valence-electron chi connectivity index (χ0n) is 6.34. The van der Waals surface area contributed by atoms with Crippen molar-refractivity contribution >= 4 is 29.0 Å². The molecule has 0 radical (unpaired) electrons. The molecular weight excluding hydrogens is 180 g/mol. The van der Waals surface area contributed by atoms with E-state index in [0.29, 0.717) is 5.69 Å². The maximum Gasteiger partial charge on any atom is 0.221 e. The molecule has 0 fully saturated rings. The van der Waals surface area contributed by atoms with Gasteiger partial charge in [0.05, 0.1) is 5.69 Å². The number of carbonyl (C=O) groups is 1. The molecule has 0 spiro atoms. The normalized spacial score (nSPS) is 9.50. The van der Waals surface area contributed by atoms with Crippen LogP contribution in [0.2, 0.25) is 5.15 Å². The van der Waals surface area contributed by atoms with Crippen LogP contribution >= 0.6 is 11.6 Å². The van der Waals surface area contributed by atoms with Gasteiger partial charge in [0.15, 0.2) is 5.15 Å². The average molecular weight is 187 g/mol. The van der Waals surface area contributed by atoms with Gasteiger partial charge in [-0.2, -0.15) is 0 Å².